The molecule has 1 fully saturated rings. The number of esters is 2. The summed E-state index contributed by atoms with van der Waals surface area (Å²) in [5, 5.41) is 0. The molecule has 0 radical (unpaired) electrons. The fourth-order valence-corrected chi connectivity index (χ4v) is 3.98. The highest BCUT2D eigenvalue weighted by atomic mass is 16.5. The van der Waals surface area contributed by atoms with Crippen LogP contribution in [0.5, 0.6) is 0 Å². The fourth-order valence-electron chi connectivity index (χ4n) is 3.98. The fraction of sp³-hybridized carbons (Fsp3) is 0.529. The van der Waals surface area contributed by atoms with Gasteiger partial charge in [-0.2, -0.15) is 0 Å². The van der Waals surface area contributed by atoms with E-state index < -0.39 is 17.4 Å². The normalized spacial score (nSPS) is 22.3. The van der Waals surface area contributed by atoms with Crippen LogP contribution in [0.4, 0.5) is 5.69 Å². The lowest BCUT2D eigenvalue weighted by atomic mass is 9.74. The van der Waals surface area contributed by atoms with Gasteiger partial charge in [0.25, 0.3) is 0 Å². The first-order valence-electron chi connectivity index (χ1n) is 7.71. The van der Waals surface area contributed by atoms with Gasteiger partial charge in [-0.05, 0) is 18.9 Å². The summed E-state index contributed by atoms with van der Waals surface area (Å²) in [6, 6.07) is 7.38. The van der Waals surface area contributed by atoms with Gasteiger partial charge in [-0.15, -0.1) is 0 Å². The molecule has 1 aromatic carbocycles. The average molecular weight is 303 g/mol. The molecular weight excluding hydrogens is 282 g/mol. The van der Waals surface area contributed by atoms with Gasteiger partial charge in [0, 0.05) is 17.8 Å². The number of nitrogens with zero attached hydrogens (tertiary/aromatic N) is 1. The summed E-state index contributed by atoms with van der Waals surface area (Å²) in [6.45, 7) is 0.845. The summed E-state index contributed by atoms with van der Waals surface area (Å²) in [5.74, 6) is -1.05. The molecule has 118 valence electrons. The predicted molar refractivity (Wildman–Crippen MR) is 81.8 cm³/mol. The minimum Gasteiger partial charge on any atom is -0.468 e. The second kappa shape index (κ2) is 5.63. The molecule has 3 rings (SSSR count). The average Bonchev–Trinajstić information content (AvgIpc) is 2.70. The lowest BCUT2D eigenvalue weighted by Crippen LogP contribution is -2.55. The van der Waals surface area contributed by atoms with Crippen LogP contribution in [0.1, 0.15) is 31.2 Å². The Morgan fingerprint density at radius 2 is 1.77 bits per heavy atom. The van der Waals surface area contributed by atoms with E-state index in [2.05, 4.69) is 4.90 Å². The van der Waals surface area contributed by atoms with Crippen molar-refractivity contribution in [1.82, 2.24) is 0 Å². The topological polar surface area (TPSA) is 55.8 Å². The van der Waals surface area contributed by atoms with Crippen LogP contribution >= 0.6 is 0 Å². The van der Waals surface area contributed by atoms with Gasteiger partial charge in [-0.3, -0.25) is 9.59 Å². The van der Waals surface area contributed by atoms with Crippen LogP contribution < -0.4 is 4.90 Å². The Balaban J connectivity index is 2.25. The Morgan fingerprint density at radius 3 is 2.45 bits per heavy atom. The van der Waals surface area contributed by atoms with Crippen molar-refractivity contribution in [2.75, 3.05) is 25.7 Å². The number of fused-ring (bicyclic) bond motifs is 3. The van der Waals surface area contributed by atoms with Crippen LogP contribution in [0, 0.1) is 0 Å². The van der Waals surface area contributed by atoms with Crippen molar-refractivity contribution >= 4 is 17.6 Å². The number of methoxy groups -OCH3 is 2. The van der Waals surface area contributed by atoms with Crippen LogP contribution in [0.15, 0.2) is 24.3 Å². The third kappa shape index (κ3) is 1.84. The van der Waals surface area contributed by atoms with Crippen molar-refractivity contribution in [3.8, 4) is 0 Å². The zero-order valence-corrected chi connectivity index (χ0v) is 13.0. The van der Waals surface area contributed by atoms with E-state index in [9.17, 15) is 9.59 Å². The van der Waals surface area contributed by atoms with Crippen LogP contribution in [0.25, 0.3) is 0 Å². The molecule has 5 nitrogen and oxygen atoms in total. The number of benzene rings is 1. The zero-order chi connectivity index (χ0) is 15.7. The molecule has 1 saturated heterocycles. The minimum absolute atomic E-state index is 0.229. The molecule has 1 atom stereocenters. The van der Waals surface area contributed by atoms with Gasteiger partial charge in [-0.1, -0.05) is 31.0 Å². The highest BCUT2D eigenvalue weighted by Gasteiger charge is 2.63. The molecule has 0 aromatic heterocycles. The van der Waals surface area contributed by atoms with Crippen molar-refractivity contribution in [2.24, 2.45) is 0 Å². The molecule has 1 unspecified atom stereocenters. The van der Waals surface area contributed by atoms with E-state index in [-0.39, 0.29) is 6.04 Å². The highest BCUT2D eigenvalue weighted by molar-refractivity contribution is 6.10. The van der Waals surface area contributed by atoms with Gasteiger partial charge in [-0.25, -0.2) is 0 Å². The van der Waals surface area contributed by atoms with Gasteiger partial charge in [0.05, 0.1) is 20.3 Å². The predicted octanol–water partition coefficient (Wildman–Crippen LogP) is 2.03. The molecule has 0 amide bonds. The molecule has 0 aliphatic carbocycles. The summed E-state index contributed by atoms with van der Waals surface area (Å²) in [7, 11) is 2.66. The molecule has 1 aromatic rings. The number of hydrogen-bond acceptors (Lipinski definition) is 5. The summed E-state index contributed by atoms with van der Waals surface area (Å²) >= 11 is 0. The first-order valence-corrected chi connectivity index (χ1v) is 7.71. The summed E-state index contributed by atoms with van der Waals surface area (Å²) in [6.07, 6.45) is 3.93. The summed E-state index contributed by atoms with van der Waals surface area (Å²) in [5.41, 5.74) is 0.288. The monoisotopic (exact) mass is 303 g/mol. The Bertz CT molecular complexity index is 582. The van der Waals surface area contributed by atoms with Gasteiger partial charge < -0.3 is 14.4 Å². The Labute approximate surface area is 130 Å². The number of hydrogen-bond donors (Lipinski definition) is 0. The largest absolute Gasteiger partial charge is 0.468 e. The van der Waals surface area contributed by atoms with Crippen molar-refractivity contribution < 1.29 is 19.1 Å². The first kappa shape index (κ1) is 14.9. The maximum Gasteiger partial charge on any atom is 0.330 e. The second-order valence-electron chi connectivity index (χ2n) is 5.87. The Morgan fingerprint density at radius 1 is 1.09 bits per heavy atom. The molecule has 0 spiro atoms. The minimum atomic E-state index is -1.37. The van der Waals surface area contributed by atoms with E-state index in [1.807, 2.05) is 24.3 Å². The van der Waals surface area contributed by atoms with Crippen LogP contribution in [0.3, 0.4) is 0 Å². The van der Waals surface area contributed by atoms with E-state index in [0.717, 1.165) is 37.9 Å². The lowest BCUT2D eigenvalue weighted by molar-refractivity contribution is -0.163. The molecule has 0 saturated carbocycles. The number of para-hydroxylation sites is 1. The maximum atomic E-state index is 12.7. The molecular formula is C17H21NO4. The molecule has 2 aliphatic heterocycles. The van der Waals surface area contributed by atoms with Gasteiger partial charge >= 0.3 is 11.9 Å². The van der Waals surface area contributed by atoms with Crippen molar-refractivity contribution in [3.63, 3.8) is 0 Å². The third-order valence-corrected chi connectivity index (χ3v) is 4.91. The smallest absolute Gasteiger partial charge is 0.330 e. The molecule has 0 bridgehead atoms. The molecule has 0 N–H and O–H groups in total. The van der Waals surface area contributed by atoms with E-state index in [0.29, 0.717) is 5.56 Å². The van der Waals surface area contributed by atoms with Crippen molar-refractivity contribution in [1.29, 1.82) is 0 Å². The molecule has 5 heteroatoms. The summed E-state index contributed by atoms with van der Waals surface area (Å²) < 4.78 is 10.1. The third-order valence-electron chi connectivity index (χ3n) is 4.91. The first-order chi connectivity index (χ1) is 10.7. The van der Waals surface area contributed by atoms with Crippen LogP contribution in [-0.4, -0.2) is 38.7 Å². The van der Waals surface area contributed by atoms with Crippen LogP contribution in [-0.2, 0) is 24.5 Å². The zero-order valence-electron chi connectivity index (χ0n) is 13.0. The Hall–Kier alpha value is -2.04. The van der Waals surface area contributed by atoms with E-state index >= 15 is 0 Å². The lowest BCUT2D eigenvalue weighted by Gasteiger charge is -2.34. The van der Waals surface area contributed by atoms with E-state index in [4.69, 9.17) is 9.47 Å². The van der Waals surface area contributed by atoms with Crippen molar-refractivity contribution in [2.45, 2.75) is 37.1 Å². The Kier molecular flexibility index (Phi) is 3.81. The number of carbonyl (C=O) groups is 2. The standard InChI is InChI=1S/C17H21NO4/c1-21-15(19)17(16(20)22-2)12-8-5-6-9-13(12)18-11-7-3-4-10-14(17)18/h5-6,8-9,14H,3-4,7,10-11H2,1-2H3. The molecule has 2 heterocycles. The number of carbonyl (C=O) groups excluding carboxylic acids is 2. The number of anilines is 1. The molecule has 22 heavy (non-hydrogen) atoms. The number of rotatable bonds is 2. The maximum absolute atomic E-state index is 12.7. The molecule has 2 aliphatic rings. The SMILES string of the molecule is COC(=O)C1(C(=O)OC)c2ccccc2N2CCCCCC21. The van der Waals surface area contributed by atoms with E-state index in [1.165, 1.54) is 14.2 Å². The van der Waals surface area contributed by atoms with Crippen LogP contribution in [0.2, 0.25) is 0 Å². The van der Waals surface area contributed by atoms with Gasteiger partial charge in [0.1, 0.15) is 0 Å². The highest BCUT2D eigenvalue weighted by Crippen LogP contribution is 2.49. The van der Waals surface area contributed by atoms with Gasteiger partial charge in [0.15, 0.2) is 0 Å². The van der Waals surface area contributed by atoms with E-state index in [1.54, 1.807) is 0 Å². The quantitative estimate of drug-likeness (QED) is 0.618. The second-order valence-corrected chi connectivity index (χ2v) is 5.87. The summed E-state index contributed by atoms with van der Waals surface area (Å²) in [4.78, 5) is 27.6. The number of ether oxygens (including phenoxy) is 2. The van der Waals surface area contributed by atoms with Crippen molar-refractivity contribution in [3.05, 3.63) is 29.8 Å². The van der Waals surface area contributed by atoms with Gasteiger partial charge in [0.2, 0.25) is 5.41 Å².